The van der Waals surface area contributed by atoms with Crippen LogP contribution in [0.4, 0.5) is 10.1 Å². The molecule has 20 heavy (non-hydrogen) atoms. The van der Waals surface area contributed by atoms with Crippen LogP contribution in [0.15, 0.2) is 35.5 Å². The number of aromatic amines is 1. The van der Waals surface area contributed by atoms with Gasteiger partial charge in [-0.25, -0.2) is 22.5 Å². The van der Waals surface area contributed by atoms with Gasteiger partial charge in [-0.3, -0.25) is 0 Å². The summed E-state index contributed by atoms with van der Waals surface area (Å²) in [7, 11) is -3.79. The normalized spacial score (nSPS) is 13.3. The molecule has 1 atom stereocenters. The van der Waals surface area contributed by atoms with Crippen LogP contribution in [0.5, 0.6) is 0 Å². The van der Waals surface area contributed by atoms with Crippen molar-refractivity contribution in [3.63, 3.8) is 0 Å². The molecule has 2 aromatic rings. The van der Waals surface area contributed by atoms with Crippen LogP contribution in [0.1, 0.15) is 25.2 Å². The van der Waals surface area contributed by atoms with Crippen LogP contribution in [0.3, 0.4) is 0 Å². The minimum Gasteiger partial charge on any atom is -0.396 e. The second-order valence-corrected chi connectivity index (χ2v) is 5.95. The summed E-state index contributed by atoms with van der Waals surface area (Å²) >= 11 is 0. The summed E-state index contributed by atoms with van der Waals surface area (Å²) < 4.78 is 40.1. The maximum Gasteiger partial charge on any atom is 0.241 e. The van der Waals surface area contributed by atoms with E-state index in [4.69, 9.17) is 5.73 Å². The number of nitrogens with one attached hydrogen (secondary N) is 2. The lowest BCUT2D eigenvalue weighted by molar-refractivity contribution is 0.539. The van der Waals surface area contributed by atoms with Crippen LogP contribution < -0.4 is 10.5 Å². The van der Waals surface area contributed by atoms with Gasteiger partial charge in [0.1, 0.15) is 11.6 Å². The van der Waals surface area contributed by atoms with E-state index in [0.29, 0.717) is 12.2 Å². The van der Waals surface area contributed by atoms with Crippen LogP contribution >= 0.6 is 0 Å². The SMILES string of the molecule is CCC(NS(=O)(=O)c1ccc(F)c(N)c1)c1ncc[nH]1. The van der Waals surface area contributed by atoms with E-state index in [0.717, 1.165) is 12.1 Å². The molecule has 0 bridgehead atoms. The fourth-order valence-corrected chi connectivity index (χ4v) is 3.06. The van der Waals surface area contributed by atoms with E-state index in [9.17, 15) is 12.8 Å². The van der Waals surface area contributed by atoms with E-state index in [1.54, 1.807) is 12.4 Å². The van der Waals surface area contributed by atoms with Gasteiger partial charge in [0.15, 0.2) is 0 Å². The highest BCUT2D eigenvalue weighted by molar-refractivity contribution is 7.89. The molecular formula is C12H15FN4O2S. The summed E-state index contributed by atoms with van der Waals surface area (Å²) in [4.78, 5) is 6.81. The van der Waals surface area contributed by atoms with E-state index in [-0.39, 0.29) is 10.6 Å². The molecule has 0 aliphatic heterocycles. The van der Waals surface area contributed by atoms with E-state index in [2.05, 4.69) is 14.7 Å². The Bertz CT molecular complexity index is 685. The highest BCUT2D eigenvalue weighted by atomic mass is 32.2. The molecule has 0 saturated carbocycles. The first-order valence-corrected chi connectivity index (χ1v) is 7.49. The summed E-state index contributed by atoms with van der Waals surface area (Å²) in [6.45, 7) is 1.83. The van der Waals surface area contributed by atoms with Crippen molar-refractivity contribution in [2.75, 3.05) is 5.73 Å². The van der Waals surface area contributed by atoms with Crippen molar-refractivity contribution in [1.82, 2.24) is 14.7 Å². The first kappa shape index (κ1) is 14.5. The van der Waals surface area contributed by atoms with E-state index >= 15 is 0 Å². The van der Waals surface area contributed by atoms with Gasteiger partial charge in [-0.1, -0.05) is 6.92 Å². The second kappa shape index (κ2) is 5.59. The number of rotatable bonds is 5. The van der Waals surface area contributed by atoms with Gasteiger partial charge in [0.2, 0.25) is 10.0 Å². The first-order valence-electron chi connectivity index (χ1n) is 6.00. The monoisotopic (exact) mass is 298 g/mol. The number of sulfonamides is 1. The number of nitrogen functional groups attached to an aromatic ring is 1. The minimum atomic E-state index is -3.79. The Morgan fingerprint density at radius 3 is 2.80 bits per heavy atom. The Morgan fingerprint density at radius 1 is 1.50 bits per heavy atom. The third kappa shape index (κ3) is 2.97. The Hall–Kier alpha value is -1.93. The molecule has 0 aliphatic carbocycles. The maximum atomic E-state index is 13.1. The molecule has 1 aromatic heterocycles. The molecule has 0 spiro atoms. The summed E-state index contributed by atoms with van der Waals surface area (Å²) in [5, 5.41) is 0. The molecule has 0 aliphatic rings. The quantitative estimate of drug-likeness (QED) is 0.729. The van der Waals surface area contributed by atoms with Gasteiger partial charge in [-0.15, -0.1) is 0 Å². The number of aromatic nitrogens is 2. The molecule has 6 nitrogen and oxygen atoms in total. The van der Waals surface area contributed by atoms with Gasteiger partial charge in [0, 0.05) is 12.4 Å². The predicted molar refractivity (Wildman–Crippen MR) is 72.8 cm³/mol. The molecule has 1 heterocycles. The largest absolute Gasteiger partial charge is 0.396 e. The number of halogens is 1. The molecule has 1 unspecified atom stereocenters. The zero-order valence-corrected chi connectivity index (χ0v) is 11.6. The molecule has 0 fully saturated rings. The van der Waals surface area contributed by atoms with E-state index in [1.807, 2.05) is 6.92 Å². The minimum absolute atomic E-state index is 0.0820. The van der Waals surface area contributed by atoms with Gasteiger partial charge in [0.25, 0.3) is 0 Å². The Balaban J connectivity index is 2.28. The van der Waals surface area contributed by atoms with Crippen molar-refractivity contribution >= 4 is 15.7 Å². The molecular weight excluding hydrogens is 283 g/mol. The fourth-order valence-electron chi connectivity index (χ4n) is 1.74. The maximum absolute atomic E-state index is 13.1. The standard InChI is InChI=1S/C12H15FN4O2S/c1-2-11(12-15-5-6-16-12)17-20(18,19)8-3-4-9(13)10(14)7-8/h3-7,11,17H,2,14H2,1H3,(H,15,16). The third-order valence-electron chi connectivity index (χ3n) is 2.83. The molecule has 108 valence electrons. The molecule has 0 radical (unpaired) electrons. The van der Waals surface area contributed by atoms with Crippen molar-refractivity contribution in [2.24, 2.45) is 0 Å². The number of nitrogens with two attached hydrogens (primary N) is 1. The van der Waals surface area contributed by atoms with Gasteiger partial charge in [-0.05, 0) is 24.6 Å². The van der Waals surface area contributed by atoms with E-state index in [1.165, 1.54) is 6.07 Å². The molecule has 1 aromatic carbocycles. The lowest BCUT2D eigenvalue weighted by atomic mass is 10.2. The van der Waals surface area contributed by atoms with Crippen LogP contribution in [0.2, 0.25) is 0 Å². The van der Waals surface area contributed by atoms with Crippen molar-refractivity contribution < 1.29 is 12.8 Å². The molecule has 4 N–H and O–H groups in total. The average molecular weight is 298 g/mol. The van der Waals surface area contributed by atoms with Crippen molar-refractivity contribution in [2.45, 2.75) is 24.3 Å². The molecule has 0 saturated heterocycles. The first-order chi connectivity index (χ1) is 9.44. The van der Waals surface area contributed by atoms with Crippen molar-refractivity contribution in [1.29, 1.82) is 0 Å². The number of hydrogen-bond acceptors (Lipinski definition) is 4. The van der Waals surface area contributed by atoms with Gasteiger partial charge in [-0.2, -0.15) is 0 Å². The smallest absolute Gasteiger partial charge is 0.241 e. The van der Waals surface area contributed by atoms with Crippen LogP contribution in [0.25, 0.3) is 0 Å². The topological polar surface area (TPSA) is 101 Å². The van der Waals surface area contributed by atoms with Crippen LogP contribution in [-0.2, 0) is 10.0 Å². The lowest BCUT2D eigenvalue weighted by Crippen LogP contribution is -2.29. The zero-order chi connectivity index (χ0) is 14.8. The molecule has 0 amide bonds. The highest BCUT2D eigenvalue weighted by Crippen LogP contribution is 2.20. The van der Waals surface area contributed by atoms with Crippen molar-refractivity contribution in [3.05, 3.63) is 42.2 Å². The number of hydrogen-bond donors (Lipinski definition) is 3. The Labute approximate surface area is 116 Å². The molecule has 8 heteroatoms. The number of nitrogens with zero attached hydrogens (tertiary/aromatic N) is 1. The molecule has 2 rings (SSSR count). The van der Waals surface area contributed by atoms with Crippen molar-refractivity contribution in [3.8, 4) is 0 Å². The van der Waals surface area contributed by atoms with Crippen LogP contribution in [0, 0.1) is 5.82 Å². The fraction of sp³-hybridized carbons (Fsp3) is 0.250. The third-order valence-corrected chi connectivity index (χ3v) is 4.30. The van der Waals surface area contributed by atoms with Crippen LogP contribution in [-0.4, -0.2) is 18.4 Å². The number of H-pyrrole nitrogens is 1. The highest BCUT2D eigenvalue weighted by Gasteiger charge is 2.22. The van der Waals surface area contributed by atoms with E-state index < -0.39 is 21.9 Å². The number of anilines is 1. The summed E-state index contributed by atoms with van der Waals surface area (Å²) in [6, 6.07) is 2.80. The van der Waals surface area contributed by atoms with Gasteiger partial charge >= 0.3 is 0 Å². The average Bonchev–Trinajstić information content (AvgIpc) is 2.93. The number of imidazole rings is 1. The zero-order valence-electron chi connectivity index (χ0n) is 10.8. The second-order valence-electron chi connectivity index (χ2n) is 4.24. The van der Waals surface area contributed by atoms with Gasteiger partial charge < -0.3 is 10.7 Å². The number of benzene rings is 1. The van der Waals surface area contributed by atoms with Gasteiger partial charge in [0.05, 0.1) is 16.6 Å². The Morgan fingerprint density at radius 2 is 2.25 bits per heavy atom. The Kier molecular flexibility index (Phi) is 4.05. The summed E-state index contributed by atoms with van der Waals surface area (Å²) in [6.07, 6.45) is 3.67. The summed E-state index contributed by atoms with van der Waals surface area (Å²) in [5.74, 6) is -0.131. The predicted octanol–water partition coefficient (Wildman–Crippen LogP) is 1.56. The summed E-state index contributed by atoms with van der Waals surface area (Å²) in [5.41, 5.74) is 5.18. The lowest BCUT2D eigenvalue weighted by Gasteiger charge is -2.15.